The normalized spacial score (nSPS) is 18.6. The molecule has 31 heavy (non-hydrogen) atoms. The number of hydrogen-bond donors (Lipinski definition) is 0. The molecular weight excluding hydrogens is 584 g/mol. The molecule has 1 saturated heterocycles. The summed E-state index contributed by atoms with van der Waals surface area (Å²) in [5.74, 6) is 5.26. The third-order valence-corrected chi connectivity index (χ3v) is 9.10. The van der Waals surface area contributed by atoms with Crippen LogP contribution in [0.1, 0.15) is 34.6 Å². The Kier molecular flexibility index (Phi) is 29.3. The Morgan fingerprint density at radius 1 is 1.00 bits per heavy atom. The van der Waals surface area contributed by atoms with Crippen LogP contribution < -0.4 is 0 Å². The predicted octanol–water partition coefficient (Wildman–Crippen LogP) is 4.27. The Labute approximate surface area is 205 Å². The molecule has 2 aliphatic rings. The van der Waals surface area contributed by atoms with Gasteiger partial charge in [0.15, 0.2) is 14.1 Å². The van der Waals surface area contributed by atoms with Crippen LogP contribution in [0.5, 0.6) is 0 Å². The van der Waals surface area contributed by atoms with Crippen LogP contribution in [0.2, 0.25) is 18.1 Å². The molecule has 1 heterocycles. The molecular formula is C23H32O6SiW+. The molecule has 0 aromatic heterocycles. The zero-order chi connectivity index (χ0) is 24.1. The first-order valence-corrected chi connectivity index (χ1v) is 12.0. The van der Waals surface area contributed by atoms with Gasteiger partial charge in [0.2, 0.25) is 0 Å². The molecule has 0 bridgehead atoms. The molecule has 0 unspecified atom stereocenters. The van der Waals surface area contributed by atoms with Crippen LogP contribution in [-0.2, 0) is 48.9 Å². The van der Waals surface area contributed by atoms with Crippen LogP contribution >= 0.6 is 0 Å². The van der Waals surface area contributed by atoms with Crippen molar-refractivity contribution >= 4 is 8.32 Å². The first-order valence-electron chi connectivity index (χ1n) is 9.47. The summed E-state index contributed by atoms with van der Waals surface area (Å²) in [7, 11) is -1.70. The van der Waals surface area contributed by atoms with Crippen molar-refractivity contribution in [3.8, 4) is 11.8 Å². The maximum absolute atomic E-state index is 7.50. The van der Waals surface area contributed by atoms with Crippen LogP contribution in [0.4, 0.5) is 0 Å². The summed E-state index contributed by atoms with van der Waals surface area (Å²) < 4.78 is 40.4. The van der Waals surface area contributed by atoms with Gasteiger partial charge < -0.3 is 13.9 Å². The third kappa shape index (κ3) is 16.7. The molecule has 0 spiro atoms. The van der Waals surface area contributed by atoms with Crippen molar-refractivity contribution in [3.05, 3.63) is 59.0 Å². The minimum absolute atomic E-state index is 0. The molecule has 0 amide bonds. The zero-order valence-electron chi connectivity index (χ0n) is 18.9. The second kappa shape index (κ2) is 24.1. The van der Waals surface area contributed by atoms with Gasteiger partial charge in [-0.3, -0.25) is 11.8 Å². The van der Waals surface area contributed by atoms with E-state index in [9.17, 15) is 0 Å². The topological polar surface area (TPSA) is 87.4 Å². The molecule has 0 aromatic rings. The zero-order valence-corrected chi connectivity index (χ0v) is 22.9. The van der Waals surface area contributed by atoms with E-state index in [0.717, 1.165) is 18.1 Å². The SMILES string of the molecule is [C-]#[O+].[C-]#[O+].[C-]#[O+].[CH2-]C#C[C@H](O[Si](CC)(CC)CC)[C@H]1COC(C)(C)O1.[CH]1[CH][CH][CH][CH]1.[W+2]. The van der Waals surface area contributed by atoms with Gasteiger partial charge in [-0.1, -0.05) is 20.8 Å². The van der Waals surface area contributed by atoms with Crippen molar-refractivity contribution in [2.45, 2.75) is 70.7 Å². The summed E-state index contributed by atoms with van der Waals surface area (Å²) in [6.45, 7) is 28.1. The van der Waals surface area contributed by atoms with E-state index >= 15 is 0 Å². The molecule has 0 aromatic carbocycles. The quantitative estimate of drug-likeness (QED) is 0.193. The summed E-state index contributed by atoms with van der Waals surface area (Å²) in [6.07, 6.45) is 9.67. The fourth-order valence-corrected chi connectivity index (χ4v) is 5.50. The molecule has 5 radical (unpaired) electrons. The molecule has 2 rings (SSSR count). The van der Waals surface area contributed by atoms with E-state index < -0.39 is 14.1 Å². The molecule has 0 N–H and O–H groups in total. The molecule has 2 atom stereocenters. The van der Waals surface area contributed by atoms with Crippen LogP contribution in [0.15, 0.2) is 0 Å². The van der Waals surface area contributed by atoms with Gasteiger partial charge in [0.25, 0.3) is 0 Å². The van der Waals surface area contributed by atoms with Gasteiger partial charge >= 0.3 is 55.0 Å². The van der Waals surface area contributed by atoms with Gasteiger partial charge in [-0.25, -0.2) is 0 Å². The molecule has 8 heteroatoms. The third-order valence-electron chi connectivity index (χ3n) is 4.48. The van der Waals surface area contributed by atoms with Crippen LogP contribution in [0, 0.1) is 70.8 Å². The van der Waals surface area contributed by atoms with Crippen molar-refractivity contribution in [1.29, 1.82) is 0 Å². The molecule has 1 aliphatic carbocycles. The van der Waals surface area contributed by atoms with Crippen LogP contribution in [-0.4, -0.2) is 32.9 Å². The Bertz CT molecular complexity index is 498. The van der Waals surface area contributed by atoms with Gasteiger partial charge in [-0.05, 0) is 64.1 Å². The molecule has 6 nitrogen and oxygen atoms in total. The number of rotatable bonds is 6. The smallest absolute Gasteiger partial charge is 0.418 e. The maximum atomic E-state index is 7.50. The fraction of sp³-hybridized carbons (Fsp3) is 0.522. The molecule has 1 saturated carbocycles. The van der Waals surface area contributed by atoms with E-state index in [1.165, 1.54) is 0 Å². The number of ether oxygens (including phenoxy) is 2. The maximum Gasteiger partial charge on any atom is 2.00 e. The second-order valence-corrected chi connectivity index (χ2v) is 11.2. The summed E-state index contributed by atoms with van der Waals surface area (Å²) in [6, 6.07) is 3.31. The Morgan fingerprint density at radius 2 is 1.39 bits per heavy atom. The largest absolute Gasteiger partial charge is 2.00 e. The Morgan fingerprint density at radius 3 is 1.65 bits per heavy atom. The second-order valence-electron chi connectivity index (χ2n) is 6.43. The van der Waals surface area contributed by atoms with Gasteiger partial charge in [0, 0.05) is 0 Å². The first-order chi connectivity index (χ1) is 14.4. The minimum atomic E-state index is -1.70. The van der Waals surface area contributed by atoms with Gasteiger partial charge in [-0.2, -0.15) is 6.92 Å². The van der Waals surface area contributed by atoms with Crippen LogP contribution in [0.3, 0.4) is 0 Å². The number of hydrogen-bond acceptors (Lipinski definition) is 3. The molecule has 169 valence electrons. The van der Waals surface area contributed by atoms with Gasteiger partial charge in [0.05, 0.1) is 12.7 Å². The van der Waals surface area contributed by atoms with Crippen molar-refractivity contribution in [2.24, 2.45) is 0 Å². The van der Waals surface area contributed by atoms with E-state index in [2.05, 4.69) is 59.5 Å². The first kappa shape index (κ1) is 37.7. The van der Waals surface area contributed by atoms with E-state index in [1.807, 2.05) is 46.0 Å². The van der Waals surface area contributed by atoms with Crippen molar-refractivity contribution in [2.75, 3.05) is 6.61 Å². The average Bonchev–Trinajstić information content (AvgIpc) is 3.49. The van der Waals surface area contributed by atoms with Crippen molar-refractivity contribution < 1.29 is 48.9 Å². The van der Waals surface area contributed by atoms with E-state index in [1.54, 1.807) is 0 Å². The summed E-state index contributed by atoms with van der Waals surface area (Å²) >= 11 is 0. The minimum Gasteiger partial charge on any atom is -0.418 e. The predicted molar refractivity (Wildman–Crippen MR) is 113 cm³/mol. The summed E-state index contributed by atoms with van der Waals surface area (Å²) in [5, 5.41) is 0. The van der Waals surface area contributed by atoms with E-state index in [0.29, 0.717) is 6.61 Å². The average molecular weight is 616 g/mol. The van der Waals surface area contributed by atoms with Gasteiger partial charge in [-0.15, -0.1) is 0 Å². The molecule has 2 fully saturated rings. The summed E-state index contributed by atoms with van der Waals surface area (Å²) in [4.78, 5) is 0. The summed E-state index contributed by atoms with van der Waals surface area (Å²) in [5.41, 5.74) is 0. The van der Waals surface area contributed by atoms with Crippen LogP contribution in [0.25, 0.3) is 0 Å². The standard InChI is InChI=1S/C15H27O3Si.C5H5.3CO.W/c1-7-11-13(14-12-16-15(5,6)17-14)18-19(8-2,9-3)10-4;1-2-4-5-3-1;3*1-2;/h13-14H,1,8-10,12H2,2-6H3;1-5H;;;;/q-1;;;;;+2/t13-,14+;;;;;/m0...../s1. The fourth-order valence-electron chi connectivity index (χ4n) is 2.75. The van der Waals surface area contributed by atoms with Crippen molar-refractivity contribution in [1.82, 2.24) is 0 Å². The van der Waals surface area contributed by atoms with Gasteiger partial charge in [0.1, 0.15) is 6.10 Å². The molecule has 1 aliphatic heterocycles. The van der Waals surface area contributed by atoms with Crippen molar-refractivity contribution in [3.63, 3.8) is 0 Å². The Hall–Kier alpha value is -0.565. The van der Waals surface area contributed by atoms with E-state index in [4.69, 9.17) is 27.9 Å². The monoisotopic (exact) mass is 616 g/mol. The Balaban J connectivity index is -0.000000254. The van der Waals surface area contributed by atoms with E-state index in [-0.39, 0.29) is 33.3 Å².